The van der Waals surface area contributed by atoms with Crippen molar-refractivity contribution in [2.24, 2.45) is 5.92 Å². The molecule has 0 aromatic heterocycles. The van der Waals surface area contributed by atoms with Gasteiger partial charge in [0.2, 0.25) is 0 Å². The van der Waals surface area contributed by atoms with Crippen LogP contribution < -0.4 is 5.32 Å². The molecular weight excluding hydrogens is 228 g/mol. The van der Waals surface area contributed by atoms with E-state index in [1.807, 2.05) is 6.92 Å². The lowest BCUT2D eigenvalue weighted by Crippen LogP contribution is -2.17. The fourth-order valence-electron chi connectivity index (χ4n) is 2.56. The second-order valence-electron chi connectivity index (χ2n) is 5.14. The number of nitrogens with one attached hydrogen (secondary N) is 1. The van der Waals surface area contributed by atoms with Gasteiger partial charge >= 0.3 is 0 Å². The van der Waals surface area contributed by atoms with E-state index in [0.717, 1.165) is 23.7 Å². The molecule has 1 N–H and O–H groups in total. The Hall–Kier alpha value is -1.58. The van der Waals surface area contributed by atoms with E-state index in [9.17, 15) is 10.1 Å². The van der Waals surface area contributed by atoms with Gasteiger partial charge in [0.05, 0.1) is 4.92 Å². The summed E-state index contributed by atoms with van der Waals surface area (Å²) >= 11 is 0. The van der Waals surface area contributed by atoms with Crippen molar-refractivity contribution in [2.75, 3.05) is 11.9 Å². The molecule has 1 fully saturated rings. The van der Waals surface area contributed by atoms with Gasteiger partial charge < -0.3 is 5.32 Å². The van der Waals surface area contributed by atoms with E-state index in [1.54, 1.807) is 18.2 Å². The Kier molecular flexibility index (Phi) is 4.18. The molecule has 0 saturated heterocycles. The summed E-state index contributed by atoms with van der Waals surface area (Å²) < 4.78 is 0. The number of nitrogens with zero attached hydrogens (tertiary/aromatic N) is 1. The Labute approximate surface area is 108 Å². The van der Waals surface area contributed by atoms with Crippen molar-refractivity contribution in [2.45, 2.75) is 39.0 Å². The van der Waals surface area contributed by atoms with Gasteiger partial charge in [0.15, 0.2) is 0 Å². The summed E-state index contributed by atoms with van der Waals surface area (Å²) in [4.78, 5) is 10.4. The normalized spacial score (nSPS) is 16.5. The molecule has 1 aliphatic carbocycles. The third-order valence-electron chi connectivity index (χ3n) is 3.74. The van der Waals surface area contributed by atoms with Crippen LogP contribution >= 0.6 is 0 Å². The molecule has 1 saturated carbocycles. The number of benzene rings is 1. The highest BCUT2D eigenvalue weighted by Gasteiger charge is 2.14. The first-order valence-electron chi connectivity index (χ1n) is 6.66. The minimum absolute atomic E-state index is 0.159. The number of hydrogen-bond donors (Lipinski definition) is 1. The van der Waals surface area contributed by atoms with Gasteiger partial charge in [0, 0.05) is 24.4 Å². The molecular formula is C14H20N2O2. The zero-order chi connectivity index (χ0) is 13.0. The summed E-state index contributed by atoms with van der Waals surface area (Å²) in [6.07, 6.45) is 6.55. The highest BCUT2D eigenvalue weighted by molar-refractivity contribution is 5.56. The molecule has 1 aliphatic rings. The summed E-state index contributed by atoms with van der Waals surface area (Å²) in [5, 5.41) is 14.1. The van der Waals surface area contributed by atoms with E-state index >= 15 is 0 Å². The number of rotatable bonds is 4. The zero-order valence-corrected chi connectivity index (χ0v) is 10.8. The fraction of sp³-hybridized carbons (Fsp3) is 0.571. The quantitative estimate of drug-likeness (QED) is 0.649. The van der Waals surface area contributed by atoms with Crippen molar-refractivity contribution >= 4 is 11.4 Å². The van der Waals surface area contributed by atoms with Gasteiger partial charge in [0.25, 0.3) is 5.69 Å². The lowest BCUT2D eigenvalue weighted by molar-refractivity contribution is -0.384. The van der Waals surface area contributed by atoms with Crippen molar-refractivity contribution in [1.29, 1.82) is 0 Å². The smallest absolute Gasteiger partial charge is 0.271 e. The van der Waals surface area contributed by atoms with E-state index in [2.05, 4.69) is 5.32 Å². The van der Waals surface area contributed by atoms with Crippen LogP contribution in [0.1, 0.15) is 37.7 Å². The lowest BCUT2D eigenvalue weighted by Gasteiger charge is -2.22. The summed E-state index contributed by atoms with van der Waals surface area (Å²) in [5.41, 5.74) is 2.12. The Morgan fingerprint density at radius 3 is 2.72 bits per heavy atom. The molecule has 1 aromatic carbocycles. The number of nitro benzene ring substituents is 1. The van der Waals surface area contributed by atoms with Gasteiger partial charge in [-0.1, -0.05) is 25.3 Å². The molecule has 0 spiro atoms. The average molecular weight is 248 g/mol. The van der Waals surface area contributed by atoms with Gasteiger partial charge in [0.1, 0.15) is 0 Å². The molecule has 4 heteroatoms. The molecule has 0 aliphatic heterocycles. The predicted molar refractivity (Wildman–Crippen MR) is 72.9 cm³/mol. The van der Waals surface area contributed by atoms with Gasteiger partial charge in [-0.25, -0.2) is 0 Å². The first kappa shape index (κ1) is 12.9. The van der Waals surface area contributed by atoms with Crippen LogP contribution in [0.25, 0.3) is 0 Å². The summed E-state index contributed by atoms with van der Waals surface area (Å²) in [5.74, 6) is 0.720. The molecule has 0 bridgehead atoms. The van der Waals surface area contributed by atoms with E-state index in [4.69, 9.17) is 0 Å². The Bertz CT molecular complexity index is 426. The van der Waals surface area contributed by atoms with Crippen molar-refractivity contribution < 1.29 is 4.92 Å². The number of aryl methyl sites for hydroxylation is 1. The van der Waals surface area contributed by atoms with Crippen LogP contribution in [0.5, 0.6) is 0 Å². The second kappa shape index (κ2) is 5.85. The first-order valence-corrected chi connectivity index (χ1v) is 6.66. The minimum Gasteiger partial charge on any atom is -0.384 e. The largest absolute Gasteiger partial charge is 0.384 e. The van der Waals surface area contributed by atoms with Crippen molar-refractivity contribution in [1.82, 2.24) is 0 Å². The topological polar surface area (TPSA) is 55.2 Å². The Morgan fingerprint density at radius 2 is 2.06 bits per heavy atom. The van der Waals surface area contributed by atoms with E-state index in [1.165, 1.54) is 32.1 Å². The maximum absolute atomic E-state index is 10.7. The maximum Gasteiger partial charge on any atom is 0.271 e. The van der Waals surface area contributed by atoms with Gasteiger partial charge in [-0.3, -0.25) is 10.1 Å². The fourth-order valence-corrected chi connectivity index (χ4v) is 2.56. The van der Waals surface area contributed by atoms with Crippen LogP contribution in [0, 0.1) is 23.0 Å². The number of non-ortho nitro benzene ring substituents is 1. The van der Waals surface area contributed by atoms with Crippen LogP contribution in [-0.4, -0.2) is 11.5 Å². The molecule has 98 valence electrons. The molecule has 0 amide bonds. The van der Waals surface area contributed by atoms with E-state index in [0.29, 0.717) is 0 Å². The van der Waals surface area contributed by atoms with Crippen LogP contribution in [0.4, 0.5) is 11.4 Å². The third-order valence-corrected chi connectivity index (χ3v) is 3.74. The predicted octanol–water partition coefficient (Wildman–Crippen LogP) is 3.90. The first-order chi connectivity index (χ1) is 8.66. The van der Waals surface area contributed by atoms with E-state index in [-0.39, 0.29) is 10.6 Å². The van der Waals surface area contributed by atoms with Crippen molar-refractivity contribution in [3.05, 3.63) is 33.9 Å². The molecule has 0 radical (unpaired) electrons. The number of nitro groups is 1. The molecule has 4 nitrogen and oxygen atoms in total. The Balaban J connectivity index is 1.99. The second-order valence-corrected chi connectivity index (χ2v) is 5.14. The Morgan fingerprint density at radius 1 is 1.33 bits per heavy atom. The minimum atomic E-state index is -0.342. The monoisotopic (exact) mass is 248 g/mol. The SMILES string of the molecule is Cc1ccc([N+](=O)[O-])cc1NCC1CCCCC1. The maximum atomic E-state index is 10.7. The summed E-state index contributed by atoms with van der Waals surface area (Å²) in [6.45, 7) is 2.91. The number of anilines is 1. The van der Waals surface area contributed by atoms with Crippen LogP contribution in [0.2, 0.25) is 0 Å². The molecule has 18 heavy (non-hydrogen) atoms. The van der Waals surface area contributed by atoms with Gasteiger partial charge in [-0.15, -0.1) is 0 Å². The van der Waals surface area contributed by atoms with Gasteiger partial charge in [-0.2, -0.15) is 0 Å². The van der Waals surface area contributed by atoms with Crippen molar-refractivity contribution in [3.8, 4) is 0 Å². The lowest BCUT2D eigenvalue weighted by atomic mass is 9.89. The van der Waals surface area contributed by atoms with Crippen LogP contribution in [0.15, 0.2) is 18.2 Å². The van der Waals surface area contributed by atoms with Crippen molar-refractivity contribution in [3.63, 3.8) is 0 Å². The molecule has 0 unspecified atom stereocenters. The summed E-state index contributed by atoms with van der Waals surface area (Å²) in [6, 6.07) is 5.00. The molecule has 0 atom stereocenters. The van der Waals surface area contributed by atoms with Crippen LogP contribution in [-0.2, 0) is 0 Å². The zero-order valence-electron chi connectivity index (χ0n) is 10.8. The average Bonchev–Trinajstić information content (AvgIpc) is 2.38. The molecule has 1 aromatic rings. The standard InChI is InChI=1S/C14H20N2O2/c1-11-7-8-13(16(17)18)9-14(11)15-10-12-5-3-2-4-6-12/h7-9,12,15H,2-6,10H2,1H3. The number of hydrogen-bond acceptors (Lipinski definition) is 3. The van der Waals surface area contributed by atoms with Crippen LogP contribution in [0.3, 0.4) is 0 Å². The van der Waals surface area contributed by atoms with E-state index < -0.39 is 0 Å². The highest BCUT2D eigenvalue weighted by Crippen LogP contribution is 2.26. The summed E-state index contributed by atoms with van der Waals surface area (Å²) in [7, 11) is 0. The van der Waals surface area contributed by atoms with Gasteiger partial charge in [-0.05, 0) is 31.2 Å². The molecule has 2 rings (SSSR count). The highest BCUT2D eigenvalue weighted by atomic mass is 16.6. The third kappa shape index (κ3) is 3.22. The molecule has 0 heterocycles.